The average Bonchev–Trinajstić information content (AvgIpc) is 2.36. The lowest BCUT2D eigenvalue weighted by atomic mass is 10.2. The van der Waals surface area contributed by atoms with Gasteiger partial charge in [-0.3, -0.25) is 9.59 Å². The first-order valence-electron chi connectivity index (χ1n) is 3.93. The minimum atomic E-state index is -0.907. The molecule has 0 fully saturated rings. The van der Waals surface area contributed by atoms with Crippen LogP contribution in [-0.4, -0.2) is 28.2 Å². The Morgan fingerprint density at radius 1 is 1.31 bits per heavy atom. The van der Waals surface area contributed by atoms with Gasteiger partial charge in [0.15, 0.2) is 6.23 Å². The van der Waals surface area contributed by atoms with Crippen molar-refractivity contribution in [1.29, 1.82) is 0 Å². The van der Waals surface area contributed by atoms with Crippen LogP contribution in [-0.2, 0) is 14.5 Å². The second kappa shape index (κ2) is 3.68. The van der Waals surface area contributed by atoms with Crippen molar-refractivity contribution in [3.05, 3.63) is 12.2 Å². The zero-order valence-corrected chi connectivity index (χ0v) is 7.43. The van der Waals surface area contributed by atoms with Crippen LogP contribution >= 0.6 is 0 Å². The third-order valence-corrected chi connectivity index (χ3v) is 1.78. The van der Waals surface area contributed by atoms with E-state index in [0.717, 1.165) is 17.1 Å². The van der Waals surface area contributed by atoms with E-state index in [1.165, 1.54) is 0 Å². The van der Waals surface area contributed by atoms with Crippen molar-refractivity contribution in [2.24, 2.45) is 5.92 Å². The molecule has 0 bridgehead atoms. The molecule has 1 aliphatic heterocycles. The Kier molecular flexibility index (Phi) is 2.79. The van der Waals surface area contributed by atoms with Gasteiger partial charge in [0, 0.05) is 18.1 Å². The topological polar surface area (TPSA) is 66.8 Å². The number of hydrogen-bond donors (Lipinski definition) is 1. The van der Waals surface area contributed by atoms with Crippen molar-refractivity contribution in [3.8, 4) is 0 Å². The highest BCUT2D eigenvalue weighted by atomic mass is 17.1. The number of imide groups is 1. The molecule has 0 aromatic carbocycles. The summed E-state index contributed by atoms with van der Waals surface area (Å²) < 4.78 is 0. The highest BCUT2D eigenvalue weighted by molar-refractivity contribution is 6.13. The highest BCUT2D eigenvalue weighted by Gasteiger charge is 2.33. The third-order valence-electron chi connectivity index (χ3n) is 1.78. The molecule has 1 aliphatic rings. The van der Waals surface area contributed by atoms with Crippen LogP contribution in [0, 0.1) is 5.92 Å². The summed E-state index contributed by atoms with van der Waals surface area (Å²) in [6, 6.07) is 0. The lowest BCUT2D eigenvalue weighted by Crippen LogP contribution is -2.44. The van der Waals surface area contributed by atoms with Gasteiger partial charge in [0.2, 0.25) is 0 Å². The van der Waals surface area contributed by atoms with Crippen molar-refractivity contribution in [2.45, 2.75) is 20.1 Å². The molecule has 1 N–H and O–H groups in total. The lowest BCUT2D eigenvalue weighted by molar-refractivity contribution is -0.313. The van der Waals surface area contributed by atoms with Gasteiger partial charge in [0.25, 0.3) is 11.8 Å². The second-order valence-corrected chi connectivity index (χ2v) is 3.12. The summed E-state index contributed by atoms with van der Waals surface area (Å²) in [7, 11) is 0. The van der Waals surface area contributed by atoms with E-state index in [1.807, 2.05) is 0 Å². The number of nitrogens with zero attached hydrogens (tertiary/aromatic N) is 1. The smallest absolute Gasteiger partial charge is 0.255 e. The van der Waals surface area contributed by atoms with E-state index in [2.05, 4.69) is 4.89 Å². The lowest BCUT2D eigenvalue weighted by Gasteiger charge is -2.25. The Hall–Kier alpha value is -1.20. The molecule has 72 valence electrons. The molecule has 1 unspecified atom stereocenters. The summed E-state index contributed by atoms with van der Waals surface area (Å²) in [4.78, 5) is 27.2. The number of hydrogen-bond acceptors (Lipinski definition) is 4. The van der Waals surface area contributed by atoms with E-state index in [1.54, 1.807) is 13.8 Å². The molecule has 0 spiro atoms. The molecule has 0 aromatic rings. The van der Waals surface area contributed by atoms with Crippen LogP contribution in [0.5, 0.6) is 0 Å². The molecule has 1 atom stereocenters. The van der Waals surface area contributed by atoms with Crippen LogP contribution in [0.3, 0.4) is 0 Å². The molecule has 0 aliphatic carbocycles. The standard InChI is InChI=1S/C8H11NO4/c1-5(2)8(13-12)9-6(10)3-4-7(9)11/h3-5,8,12H,1-2H3. The summed E-state index contributed by atoms with van der Waals surface area (Å²) in [6.07, 6.45) is 1.39. The van der Waals surface area contributed by atoms with E-state index >= 15 is 0 Å². The van der Waals surface area contributed by atoms with Gasteiger partial charge in [-0.05, 0) is 0 Å². The van der Waals surface area contributed by atoms with Crippen LogP contribution in [0.4, 0.5) is 0 Å². The van der Waals surface area contributed by atoms with Crippen LogP contribution in [0.15, 0.2) is 12.2 Å². The van der Waals surface area contributed by atoms with E-state index < -0.39 is 18.0 Å². The molecule has 0 saturated carbocycles. The maximum atomic E-state index is 11.1. The highest BCUT2D eigenvalue weighted by Crippen LogP contribution is 2.16. The maximum Gasteiger partial charge on any atom is 0.255 e. The van der Waals surface area contributed by atoms with E-state index in [0.29, 0.717) is 0 Å². The summed E-state index contributed by atoms with van der Waals surface area (Å²) >= 11 is 0. The maximum absolute atomic E-state index is 11.1. The summed E-state index contributed by atoms with van der Waals surface area (Å²) in [5.74, 6) is -1.08. The molecule has 5 heteroatoms. The predicted octanol–water partition coefficient (Wildman–Crippen LogP) is 0.383. The quantitative estimate of drug-likeness (QED) is 0.392. The van der Waals surface area contributed by atoms with Crippen molar-refractivity contribution in [1.82, 2.24) is 4.90 Å². The van der Waals surface area contributed by atoms with Gasteiger partial charge < -0.3 is 0 Å². The van der Waals surface area contributed by atoms with Gasteiger partial charge in [-0.1, -0.05) is 13.8 Å². The average molecular weight is 185 g/mol. The van der Waals surface area contributed by atoms with E-state index in [9.17, 15) is 9.59 Å². The molecule has 0 aromatic heterocycles. The van der Waals surface area contributed by atoms with Gasteiger partial charge in [-0.15, -0.1) is 0 Å². The third kappa shape index (κ3) is 1.76. The van der Waals surface area contributed by atoms with Crippen molar-refractivity contribution in [3.63, 3.8) is 0 Å². The Morgan fingerprint density at radius 2 is 1.77 bits per heavy atom. The SMILES string of the molecule is CC(C)C(OO)N1C(=O)C=CC1=O. The molecular weight excluding hydrogens is 174 g/mol. The van der Waals surface area contributed by atoms with Gasteiger partial charge in [0.05, 0.1) is 0 Å². The minimum absolute atomic E-state index is 0.155. The van der Waals surface area contributed by atoms with Crippen LogP contribution in [0.1, 0.15) is 13.8 Å². The molecule has 5 nitrogen and oxygen atoms in total. The molecule has 1 rings (SSSR count). The Bertz CT molecular complexity index is 241. The molecular formula is C8H11NO4. The summed E-state index contributed by atoms with van der Waals surface area (Å²) in [6.45, 7) is 3.47. The van der Waals surface area contributed by atoms with Gasteiger partial charge >= 0.3 is 0 Å². The van der Waals surface area contributed by atoms with Crippen LogP contribution in [0.25, 0.3) is 0 Å². The van der Waals surface area contributed by atoms with Crippen LogP contribution < -0.4 is 0 Å². The Labute approximate surface area is 75.5 Å². The van der Waals surface area contributed by atoms with Gasteiger partial charge in [0.1, 0.15) is 0 Å². The van der Waals surface area contributed by atoms with Gasteiger partial charge in [-0.25, -0.2) is 15.0 Å². The number of carbonyl (C=O) groups is 2. The summed E-state index contributed by atoms with van der Waals surface area (Å²) in [5, 5.41) is 8.52. The van der Waals surface area contributed by atoms with E-state index in [4.69, 9.17) is 5.26 Å². The zero-order valence-electron chi connectivity index (χ0n) is 7.43. The molecule has 0 saturated heterocycles. The van der Waals surface area contributed by atoms with Crippen LogP contribution in [0.2, 0.25) is 0 Å². The van der Waals surface area contributed by atoms with Gasteiger partial charge in [-0.2, -0.15) is 0 Å². The molecule has 2 amide bonds. The molecule has 13 heavy (non-hydrogen) atoms. The van der Waals surface area contributed by atoms with Crippen molar-refractivity contribution < 1.29 is 19.7 Å². The summed E-state index contributed by atoms with van der Waals surface area (Å²) in [5.41, 5.74) is 0. The first-order chi connectivity index (χ1) is 6.07. The second-order valence-electron chi connectivity index (χ2n) is 3.12. The fourth-order valence-corrected chi connectivity index (χ4v) is 1.13. The normalized spacial score (nSPS) is 18.9. The minimum Gasteiger partial charge on any atom is -0.269 e. The molecule has 0 radical (unpaired) electrons. The van der Waals surface area contributed by atoms with Crippen molar-refractivity contribution in [2.75, 3.05) is 0 Å². The predicted molar refractivity (Wildman–Crippen MR) is 43.3 cm³/mol. The Balaban J connectivity index is 2.81. The number of carbonyl (C=O) groups excluding carboxylic acids is 2. The van der Waals surface area contributed by atoms with Crippen molar-refractivity contribution >= 4 is 11.8 Å². The first kappa shape index (κ1) is 9.88. The zero-order chi connectivity index (χ0) is 10.0. The fourth-order valence-electron chi connectivity index (χ4n) is 1.13. The number of amides is 2. The van der Waals surface area contributed by atoms with E-state index in [-0.39, 0.29) is 5.92 Å². The Morgan fingerprint density at radius 3 is 2.08 bits per heavy atom. The number of rotatable bonds is 3. The fraction of sp³-hybridized carbons (Fsp3) is 0.500. The first-order valence-corrected chi connectivity index (χ1v) is 3.93. The monoisotopic (exact) mass is 185 g/mol. The molecule has 1 heterocycles. The largest absolute Gasteiger partial charge is 0.269 e.